The number of nitro groups is 1. The maximum atomic E-state index is 10.6. The predicted molar refractivity (Wildman–Crippen MR) is 58.4 cm³/mol. The molecule has 0 aliphatic heterocycles. The Hall–Kier alpha value is -1.90. The van der Waals surface area contributed by atoms with Crippen LogP contribution < -0.4 is 0 Å². The average molecular weight is 200 g/mol. The van der Waals surface area contributed by atoms with Gasteiger partial charge >= 0.3 is 6.04 Å². The van der Waals surface area contributed by atoms with Crippen LogP contribution in [0.3, 0.4) is 0 Å². The Morgan fingerprint density at radius 2 is 1.93 bits per heavy atom. The summed E-state index contributed by atoms with van der Waals surface area (Å²) in [6, 6.07) is 9.96. The third-order valence-electron chi connectivity index (χ3n) is 2.34. The van der Waals surface area contributed by atoms with Crippen LogP contribution in [0.15, 0.2) is 48.6 Å². The van der Waals surface area contributed by atoms with Crippen molar-refractivity contribution in [1.82, 2.24) is 0 Å². The van der Waals surface area contributed by atoms with E-state index < -0.39 is 0 Å². The first-order chi connectivity index (χ1) is 7.27. The summed E-state index contributed by atoms with van der Waals surface area (Å²) < 4.78 is 0. The number of hydrogen-bond acceptors (Lipinski definition) is 2. The molecule has 0 saturated heterocycles. The summed E-state index contributed by atoms with van der Waals surface area (Å²) in [6.45, 7) is 0. The molecule has 75 valence electrons. The normalized spacial score (nSPS) is 16.1. The van der Waals surface area contributed by atoms with Crippen molar-refractivity contribution in [3.63, 3.8) is 0 Å². The first-order valence-corrected chi connectivity index (χ1v) is 4.70. The van der Waals surface area contributed by atoms with Crippen molar-refractivity contribution in [3.05, 3.63) is 70.3 Å². The highest BCUT2D eigenvalue weighted by Gasteiger charge is 2.23. The molecule has 1 aliphatic rings. The SMILES string of the molecule is O=[N+]([O-])[C]1C=CC=C(c2ccccc2)C1. The van der Waals surface area contributed by atoms with Gasteiger partial charge in [0.25, 0.3) is 0 Å². The van der Waals surface area contributed by atoms with Gasteiger partial charge in [0, 0.05) is 11.0 Å². The van der Waals surface area contributed by atoms with Crippen molar-refractivity contribution >= 4 is 5.57 Å². The second-order valence-corrected chi connectivity index (χ2v) is 3.34. The fraction of sp³-hybridized carbons (Fsp3) is 0.0833. The maximum absolute atomic E-state index is 10.6. The van der Waals surface area contributed by atoms with Crippen molar-refractivity contribution in [2.45, 2.75) is 6.42 Å². The molecule has 1 aromatic carbocycles. The minimum Gasteiger partial charge on any atom is -0.263 e. The molecule has 0 unspecified atom stereocenters. The van der Waals surface area contributed by atoms with Gasteiger partial charge in [-0.3, -0.25) is 10.1 Å². The molecule has 0 aromatic heterocycles. The largest absolute Gasteiger partial charge is 0.317 e. The average Bonchev–Trinajstić information content (AvgIpc) is 2.30. The van der Waals surface area contributed by atoms with E-state index in [1.807, 2.05) is 36.4 Å². The van der Waals surface area contributed by atoms with Crippen LogP contribution in [0.4, 0.5) is 0 Å². The van der Waals surface area contributed by atoms with Gasteiger partial charge in [0.2, 0.25) is 0 Å². The van der Waals surface area contributed by atoms with Gasteiger partial charge in [-0.25, -0.2) is 0 Å². The molecule has 0 N–H and O–H groups in total. The van der Waals surface area contributed by atoms with E-state index >= 15 is 0 Å². The van der Waals surface area contributed by atoms with Crippen LogP contribution in [0.1, 0.15) is 12.0 Å². The first-order valence-electron chi connectivity index (χ1n) is 4.70. The number of rotatable bonds is 2. The highest BCUT2D eigenvalue weighted by atomic mass is 16.6. The molecule has 3 nitrogen and oxygen atoms in total. The Bertz CT molecular complexity index is 421. The molecule has 1 radical (unpaired) electrons. The van der Waals surface area contributed by atoms with Crippen LogP contribution in [0.2, 0.25) is 0 Å². The molecule has 1 aliphatic carbocycles. The lowest BCUT2D eigenvalue weighted by molar-refractivity contribution is -0.457. The summed E-state index contributed by atoms with van der Waals surface area (Å²) in [5, 5.41) is 10.6. The van der Waals surface area contributed by atoms with E-state index in [0.717, 1.165) is 11.1 Å². The summed E-state index contributed by atoms with van der Waals surface area (Å²) in [5.41, 5.74) is 2.03. The Balaban J connectivity index is 2.22. The zero-order chi connectivity index (χ0) is 10.7. The van der Waals surface area contributed by atoms with Crippen LogP contribution in [0, 0.1) is 16.2 Å². The second kappa shape index (κ2) is 4.09. The Morgan fingerprint density at radius 1 is 1.20 bits per heavy atom. The van der Waals surface area contributed by atoms with Crippen molar-refractivity contribution in [1.29, 1.82) is 0 Å². The minimum absolute atomic E-state index is 0.247. The molecule has 1 aromatic rings. The van der Waals surface area contributed by atoms with Crippen molar-refractivity contribution in [3.8, 4) is 0 Å². The predicted octanol–water partition coefficient (Wildman–Crippen LogP) is 2.84. The number of hydrogen-bond donors (Lipinski definition) is 0. The van der Waals surface area contributed by atoms with Crippen LogP contribution in [0.5, 0.6) is 0 Å². The molecule has 2 rings (SSSR count). The summed E-state index contributed by atoms with van der Waals surface area (Å²) in [5.74, 6) is 0. The van der Waals surface area contributed by atoms with Crippen LogP contribution in [-0.2, 0) is 0 Å². The third-order valence-corrected chi connectivity index (χ3v) is 2.34. The molecule has 0 bridgehead atoms. The molecule has 15 heavy (non-hydrogen) atoms. The molecule has 3 heteroatoms. The van der Waals surface area contributed by atoms with Gasteiger partial charge < -0.3 is 0 Å². The topological polar surface area (TPSA) is 43.1 Å². The molecular weight excluding hydrogens is 190 g/mol. The summed E-state index contributed by atoms with van der Waals surface area (Å²) in [4.78, 5) is 10.3. The van der Waals surface area contributed by atoms with E-state index in [1.165, 1.54) is 0 Å². The van der Waals surface area contributed by atoms with Crippen LogP contribution in [0.25, 0.3) is 5.57 Å². The van der Waals surface area contributed by atoms with Crippen LogP contribution in [-0.4, -0.2) is 4.92 Å². The number of nitrogens with zero attached hydrogens (tertiary/aromatic N) is 1. The van der Waals surface area contributed by atoms with Crippen molar-refractivity contribution in [2.75, 3.05) is 0 Å². The van der Waals surface area contributed by atoms with Crippen molar-refractivity contribution < 1.29 is 4.92 Å². The van der Waals surface area contributed by atoms with E-state index in [2.05, 4.69) is 0 Å². The lowest BCUT2D eigenvalue weighted by Gasteiger charge is -2.10. The zero-order valence-electron chi connectivity index (χ0n) is 8.09. The highest BCUT2D eigenvalue weighted by Crippen LogP contribution is 2.28. The minimum atomic E-state index is -0.327. The van der Waals surface area contributed by atoms with E-state index in [1.54, 1.807) is 12.2 Å². The molecule has 0 fully saturated rings. The van der Waals surface area contributed by atoms with Crippen molar-refractivity contribution in [2.24, 2.45) is 0 Å². The lowest BCUT2D eigenvalue weighted by Crippen LogP contribution is -2.09. The van der Waals surface area contributed by atoms with E-state index in [-0.39, 0.29) is 11.0 Å². The van der Waals surface area contributed by atoms with Gasteiger partial charge in [-0.15, -0.1) is 0 Å². The van der Waals surface area contributed by atoms with E-state index in [4.69, 9.17) is 0 Å². The molecular formula is C12H10NO2. The standard InChI is InChI=1S/C12H10NO2/c14-13(15)12-8-4-7-11(9-12)10-5-2-1-3-6-10/h1-8H,9H2. The van der Waals surface area contributed by atoms with Gasteiger partial charge in [0.1, 0.15) is 0 Å². The quantitative estimate of drug-likeness (QED) is 0.544. The molecule has 0 amide bonds. The zero-order valence-corrected chi connectivity index (χ0v) is 8.09. The fourth-order valence-electron chi connectivity index (χ4n) is 1.56. The summed E-state index contributed by atoms with van der Waals surface area (Å²) in [6.07, 6.45) is 5.59. The smallest absolute Gasteiger partial charge is 0.263 e. The van der Waals surface area contributed by atoms with E-state index in [9.17, 15) is 10.1 Å². The summed E-state index contributed by atoms with van der Waals surface area (Å²) >= 11 is 0. The van der Waals surface area contributed by atoms with E-state index in [0.29, 0.717) is 6.42 Å². The first kappa shape index (κ1) is 9.65. The lowest BCUT2D eigenvalue weighted by atomic mass is 9.95. The molecule has 0 atom stereocenters. The number of allylic oxidation sites excluding steroid dienone is 2. The van der Waals surface area contributed by atoms with Gasteiger partial charge in [-0.05, 0) is 11.1 Å². The van der Waals surface area contributed by atoms with Gasteiger partial charge in [0.05, 0.1) is 6.42 Å². The molecule has 0 heterocycles. The van der Waals surface area contributed by atoms with Gasteiger partial charge in [-0.1, -0.05) is 42.5 Å². The van der Waals surface area contributed by atoms with Crippen LogP contribution >= 0.6 is 0 Å². The highest BCUT2D eigenvalue weighted by molar-refractivity contribution is 5.70. The Labute approximate surface area is 87.9 Å². The molecule has 0 saturated carbocycles. The number of benzene rings is 1. The summed E-state index contributed by atoms with van der Waals surface area (Å²) in [7, 11) is 0. The Kier molecular flexibility index (Phi) is 2.63. The monoisotopic (exact) mass is 200 g/mol. The maximum Gasteiger partial charge on any atom is 0.317 e. The van der Waals surface area contributed by atoms with Gasteiger partial charge in [-0.2, -0.15) is 0 Å². The third kappa shape index (κ3) is 2.13. The van der Waals surface area contributed by atoms with Gasteiger partial charge in [0.15, 0.2) is 0 Å². The second-order valence-electron chi connectivity index (χ2n) is 3.34. The molecule has 0 spiro atoms. The fourth-order valence-corrected chi connectivity index (χ4v) is 1.56. The Morgan fingerprint density at radius 3 is 2.60 bits per heavy atom.